The maximum absolute atomic E-state index is 12.6. The number of benzene rings is 2. The van der Waals surface area contributed by atoms with E-state index >= 15 is 0 Å². The fraction of sp³-hybridized carbons (Fsp3) is 0.125. The van der Waals surface area contributed by atoms with Crippen molar-refractivity contribution < 1.29 is 4.79 Å². The van der Waals surface area contributed by atoms with Crippen molar-refractivity contribution in [2.45, 2.75) is 13.8 Å². The minimum atomic E-state index is -0.171. The van der Waals surface area contributed by atoms with Gasteiger partial charge in [-0.05, 0) is 50.2 Å². The Morgan fingerprint density at radius 1 is 1.17 bits per heavy atom. The van der Waals surface area contributed by atoms with Gasteiger partial charge in [0.25, 0.3) is 5.91 Å². The maximum atomic E-state index is 12.6. The lowest BCUT2D eigenvalue weighted by Gasteiger charge is -2.09. The highest BCUT2D eigenvalue weighted by Gasteiger charge is 2.10. The molecule has 0 unspecified atom stereocenters. The van der Waals surface area contributed by atoms with Gasteiger partial charge in [0.05, 0.1) is 17.8 Å². The van der Waals surface area contributed by atoms with Crippen LogP contribution in [0.1, 0.15) is 35.3 Å². The molecule has 0 aliphatic carbocycles. The summed E-state index contributed by atoms with van der Waals surface area (Å²) in [6.07, 6.45) is 7.11. The van der Waals surface area contributed by atoms with Crippen molar-refractivity contribution in [2.75, 3.05) is 6.54 Å². The number of aliphatic imine (C=N–C) groups is 1. The Morgan fingerprint density at radius 2 is 2.00 bits per heavy atom. The van der Waals surface area contributed by atoms with Crippen LogP contribution in [-0.2, 0) is 0 Å². The highest BCUT2D eigenvalue weighted by atomic mass is 16.1. The van der Waals surface area contributed by atoms with Gasteiger partial charge >= 0.3 is 0 Å². The number of amides is 1. The fourth-order valence-corrected chi connectivity index (χ4v) is 2.61. The number of nitrogens with one attached hydrogen (secondary N) is 1. The minimum absolute atomic E-state index is 0.171. The summed E-state index contributed by atoms with van der Waals surface area (Å²) >= 11 is 0. The molecule has 5 heteroatoms. The monoisotopic (exact) mass is 382 g/mol. The van der Waals surface area contributed by atoms with Crippen LogP contribution >= 0.6 is 0 Å². The number of carbonyl (C=O) groups is 1. The Bertz CT molecular complexity index is 1080. The van der Waals surface area contributed by atoms with Crippen molar-refractivity contribution in [3.05, 3.63) is 96.0 Å². The van der Waals surface area contributed by atoms with Gasteiger partial charge in [0.1, 0.15) is 0 Å². The number of nitrogens with zero attached hydrogens (tertiary/aromatic N) is 3. The first kappa shape index (κ1) is 19.8. The molecule has 0 radical (unpaired) electrons. The Labute approximate surface area is 170 Å². The smallest absolute Gasteiger partial charge is 0.251 e. The van der Waals surface area contributed by atoms with Crippen LogP contribution in [0, 0.1) is 11.8 Å². The van der Waals surface area contributed by atoms with Gasteiger partial charge in [-0.25, -0.2) is 4.68 Å². The summed E-state index contributed by atoms with van der Waals surface area (Å²) in [6, 6.07) is 17.0. The van der Waals surface area contributed by atoms with E-state index in [0.717, 1.165) is 22.5 Å². The average Bonchev–Trinajstić information content (AvgIpc) is 3.29. The quantitative estimate of drug-likeness (QED) is 0.536. The van der Waals surface area contributed by atoms with Gasteiger partial charge in [0.2, 0.25) is 0 Å². The first-order chi connectivity index (χ1) is 14.2. The summed E-state index contributed by atoms with van der Waals surface area (Å²) in [4.78, 5) is 16.8. The van der Waals surface area contributed by atoms with Crippen molar-refractivity contribution in [1.29, 1.82) is 0 Å². The van der Waals surface area contributed by atoms with Crippen LogP contribution < -0.4 is 5.32 Å². The molecule has 3 aromatic rings. The van der Waals surface area contributed by atoms with Crippen molar-refractivity contribution in [3.8, 4) is 17.5 Å². The zero-order valence-corrected chi connectivity index (χ0v) is 16.5. The molecule has 0 atom stereocenters. The van der Waals surface area contributed by atoms with Gasteiger partial charge in [-0.15, -0.1) is 0 Å². The predicted molar refractivity (Wildman–Crippen MR) is 116 cm³/mol. The molecule has 3 rings (SSSR count). The van der Waals surface area contributed by atoms with Gasteiger partial charge in [-0.1, -0.05) is 36.1 Å². The average molecular weight is 382 g/mol. The SMILES string of the molecule is C/C=C\N=C(/C)CNC(=O)c1ccc(-n2cccn2)c(C#Cc2ccccc2)c1. The first-order valence-electron chi connectivity index (χ1n) is 9.31. The molecule has 144 valence electrons. The number of carbonyl (C=O) groups excluding carboxylic acids is 1. The Balaban J connectivity index is 1.88. The van der Waals surface area contributed by atoms with Crippen LogP contribution in [0.3, 0.4) is 0 Å². The van der Waals surface area contributed by atoms with Gasteiger partial charge in [0.15, 0.2) is 0 Å². The first-order valence-corrected chi connectivity index (χ1v) is 9.31. The van der Waals surface area contributed by atoms with E-state index in [4.69, 9.17) is 0 Å². The molecule has 1 amide bonds. The maximum Gasteiger partial charge on any atom is 0.251 e. The molecule has 0 saturated heterocycles. The summed E-state index contributed by atoms with van der Waals surface area (Å²) in [5.41, 5.74) is 3.82. The topological polar surface area (TPSA) is 59.3 Å². The number of hydrogen-bond acceptors (Lipinski definition) is 3. The van der Waals surface area contributed by atoms with E-state index in [2.05, 4.69) is 27.2 Å². The lowest BCUT2D eigenvalue weighted by Crippen LogP contribution is -2.28. The normalized spacial score (nSPS) is 11.2. The highest BCUT2D eigenvalue weighted by molar-refractivity contribution is 5.98. The van der Waals surface area contributed by atoms with E-state index < -0.39 is 0 Å². The summed E-state index contributed by atoms with van der Waals surface area (Å²) in [7, 11) is 0. The Kier molecular flexibility index (Phi) is 6.75. The van der Waals surface area contributed by atoms with E-state index in [0.29, 0.717) is 12.1 Å². The van der Waals surface area contributed by atoms with Crippen LogP contribution in [0.15, 0.2) is 84.3 Å². The molecule has 1 heterocycles. The van der Waals surface area contributed by atoms with Crippen LogP contribution in [0.5, 0.6) is 0 Å². The van der Waals surface area contributed by atoms with Crippen LogP contribution in [-0.4, -0.2) is 27.9 Å². The zero-order valence-electron chi connectivity index (χ0n) is 16.5. The van der Waals surface area contributed by atoms with E-state index in [1.54, 1.807) is 29.2 Å². The van der Waals surface area contributed by atoms with Crippen LogP contribution in [0.2, 0.25) is 0 Å². The number of allylic oxidation sites excluding steroid dienone is 1. The highest BCUT2D eigenvalue weighted by Crippen LogP contribution is 2.16. The largest absolute Gasteiger partial charge is 0.347 e. The van der Waals surface area contributed by atoms with E-state index in [1.165, 1.54) is 0 Å². The van der Waals surface area contributed by atoms with Gasteiger partial charge < -0.3 is 5.32 Å². The fourth-order valence-electron chi connectivity index (χ4n) is 2.61. The molecule has 1 aromatic heterocycles. The van der Waals surface area contributed by atoms with Crippen molar-refractivity contribution in [2.24, 2.45) is 4.99 Å². The molecule has 29 heavy (non-hydrogen) atoms. The number of rotatable bonds is 5. The van der Waals surface area contributed by atoms with Crippen LogP contribution in [0.4, 0.5) is 0 Å². The molecule has 0 aliphatic rings. The lowest BCUT2D eigenvalue weighted by molar-refractivity contribution is 0.0959. The Morgan fingerprint density at radius 3 is 2.72 bits per heavy atom. The molecule has 0 bridgehead atoms. The standard InChI is InChI=1S/C24H22N4O/c1-3-14-25-19(2)18-26-24(29)22-12-13-23(28-16-7-15-27-28)21(17-22)11-10-20-8-5-4-6-9-20/h3-9,12-17H,18H2,1-2H3,(H,26,29)/b14-3-,25-19+. The van der Waals surface area contributed by atoms with Crippen molar-refractivity contribution >= 4 is 11.6 Å². The second kappa shape index (κ2) is 9.86. The van der Waals surface area contributed by atoms with Crippen molar-refractivity contribution in [3.63, 3.8) is 0 Å². The third-order valence-corrected chi connectivity index (χ3v) is 4.07. The van der Waals surface area contributed by atoms with E-state index in [9.17, 15) is 4.79 Å². The molecule has 0 spiro atoms. The molecule has 0 fully saturated rings. The Hall–Kier alpha value is -3.91. The van der Waals surface area contributed by atoms with E-state index in [1.807, 2.05) is 68.6 Å². The molecular weight excluding hydrogens is 360 g/mol. The van der Waals surface area contributed by atoms with E-state index in [-0.39, 0.29) is 5.91 Å². The summed E-state index contributed by atoms with van der Waals surface area (Å²) in [5, 5.41) is 7.18. The van der Waals surface area contributed by atoms with Crippen molar-refractivity contribution in [1.82, 2.24) is 15.1 Å². The van der Waals surface area contributed by atoms with Gasteiger partial charge in [-0.2, -0.15) is 5.10 Å². The minimum Gasteiger partial charge on any atom is -0.347 e. The zero-order chi connectivity index (χ0) is 20.5. The third kappa shape index (κ3) is 5.53. The number of hydrogen-bond donors (Lipinski definition) is 1. The summed E-state index contributed by atoms with van der Waals surface area (Å²) in [6.45, 7) is 4.15. The third-order valence-electron chi connectivity index (χ3n) is 4.07. The molecule has 0 aliphatic heterocycles. The predicted octanol–water partition coefficient (Wildman–Crippen LogP) is 4.00. The van der Waals surface area contributed by atoms with Crippen LogP contribution in [0.25, 0.3) is 5.69 Å². The molecular formula is C24H22N4O. The molecule has 2 aromatic carbocycles. The molecule has 0 saturated carbocycles. The van der Waals surface area contributed by atoms with Gasteiger partial charge in [0, 0.05) is 35.4 Å². The molecule has 5 nitrogen and oxygen atoms in total. The van der Waals surface area contributed by atoms with Gasteiger partial charge in [-0.3, -0.25) is 9.79 Å². The second-order valence-electron chi connectivity index (χ2n) is 6.33. The summed E-state index contributed by atoms with van der Waals surface area (Å²) in [5.74, 6) is 6.16. The second-order valence-corrected chi connectivity index (χ2v) is 6.33. The summed E-state index contributed by atoms with van der Waals surface area (Å²) < 4.78 is 1.74. The molecule has 1 N–H and O–H groups in total. The number of aromatic nitrogens is 2. The lowest BCUT2D eigenvalue weighted by atomic mass is 10.1.